The van der Waals surface area contributed by atoms with Crippen LogP contribution in [0, 0.1) is 20.2 Å². The fourth-order valence-electron chi connectivity index (χ4n) is 0.762. The monoisotopic (exact) mass is 316 g/mol. The van der Waals surface area contributed by atoms with Crippen molar-refractivity contribution in [1.82, 2.24) is 0 Å². The number of hydrogen-bond donors (Lipinski definition) is 0. The van der Waals surface area contributed by atoms with E-state index >= 15 is 0 Å². The van der Waals surface area contributed by atoms with Crippen molar-refractivity contribution in [2.45, 2.75) is 0 Å². The third-order valence-corrected chi connectivity index (χ3v) is 1.35. The summed E-state index contributed by atoms with van der Waals surface area (Å²) in [4.78, 5) is 18.6. The molecule has 0 unspecified atom stereocenters. The van der Waals surface area contributed by atoms with Crippen LogP contribution in [0.3, 0.4) is 0 Å². The van der Waals surface area contributed by atoms with Crippen molar-refractivity contribution in [3.63, 3.8) is 0 Å². The van der Waals surface area contributed by atoms with E-state index in [1.165, 1.54) is 0 Å². The maximum atomic E-state index is 10.8. The first-order chi connectivity index (χ1) is 6.02. The van der Waals surface area contributed by atoms with Gasteiger partial charge in [-0.2, -0.15) is 0 Å². The largest absolute Gasteiger partial charge is 1.00 e. The maximum Gasteiger partial charge on any atom is 1.00 e. The molecule has 0 spiro atoms. The molecule has 1 aromatic rings. The average Bonchev–Trinajstić information content (AvgIpc) is 2.04. The molecule has 1 rings (SSSR count). The fourth-order valence-corrected chi connectivity index (χ4v) is 0.762. The minimum Gasteiger partial charge on any atom is -0.868 e. The molecule has 0 aliphatic rings. The summed E-state index contributed by atoms with van der Waals surface area (Å²) in [7, 11) is 0. The van der Waals surface area contributed by atoms with Gasteiger partial charge in [-0.25, -0.2) is 0 Å². The minimum atomic E-state index is -0.949. The van der Waals surface area contributed by atoms with Crippen LogP contribution in [0.5, 0.6) is 5.75 Å². The zero-order chi connectivity index (χ0) is 10.0. The molecule has 0 saturated carbocycles. The van der Waals surface area contributed by atoms with Crippen LogP contribution < -0.4 is 74.0 Å². The number of nitrogens with zero attached hydrogens (tertiary/aromatic N) is 2. The van der Waals surface area contributed by atoms with Crippen molar-refractivity contribution >= 4 is 11.4 Å². The summed E-state index contributed by atoms with van der Waals surface area (Å²) in [5, 5.41) is 31.1. The van der Waals surface area contributed by atoms with Crippen molar-refractivity contribution < 1.29 is 83.8 Å². The third kappa shape index (κ3) is 3.22. The van der Waals surface area contributed by atoms with Gasteiger partial charge in [0, 0.05) is 6.07 Å². The maximum absolute atomic E-state index is 10.8. The van der Waals surface area contributed by atoms with E-state index < -0.39 is 27.0 Å². The van der Waals surface area contributed by atoms with Gasteiger partial charge >= 0.3 is 68.9 Å². The first kappa shape index (κ1) is 13.9. The normalized spacial score (nSPS) is 8.86. The van der Waals surface area contributed by atoms with Crippen LogP contribution in [0.25, 0.3) is 0 Å². The van der Waals surface area contributed by atoms with Gasteiger partial charge in [-0.3, -0.25) is 20.2 Å². The predicted octanol–water partition coefficient (Wildman–Crippen LogP) is -2.42. The fraction of sp³-hybridized carbons (Fsp3) is 0. The van der Waals surface area contributed by atoms with E-state index in [0.717, 1.165) is 12.1 Å². The Morgan fingerprint density at radius 2 is 1.64 bits per heavy atom. The Kier molecular flexibility index (Phi) is 5.63. The van der Waals surface area contributed by atoms with Crippen LogP contribution in [0.4, 0.5) is 11.4 Å². The van der Waals surface area contributed by atoms with Crippen LogP contribution in [0.1, 0.15) is 0 Å². The van der Waals surface area contributed by atoms with Crippen LogP contribution in [-0.2, 0) is 0 Å². The van der Waals surface area contributed by atoms with E-state index in [0.29, 0.717) is 6.07 Å². The molecular weight excluding hydrogens is 313 g/mol. The average molecular weight is 316 g/mol. The van der Waals surface area contributed by atoms with Crippen molar-refractivity contribution in [3.05, 3.63) is 38.4 Å². The minimum absolute atomic E-state index is 0. The number of non-ortho nitro benzene ring substituents is 1. The van der Waals surface area contributed by atoms with Gasteiger partial charge in [0.25, 0.3) is 11.4 Å². The van der Waals surface area contributed by atoms with Gasteiger partial charge in [0.05, 0.1) is 15.9 Å². The Morgan fingerprint density at radius 3 is 2.07 bits per heavy atom. The van der Waals surface area contributed by atoms with Gasteiger partial charge in [-0.1, -0.05) is 6.07 Å². The molecule has 0 fully saturated rings. The molecule has 0 saturated heterocycles. The Labute approximate surface area is 137 Å². The summed E-state index contributed by atoms with van der Waals surface area (Å²) < 4.78 is 0. The van der Waals surface area contributed by atoms with Crippen molar-refractivity contribution in [2.75, 3.05) is 0 Å². The smallest absolute Gasteiger partial charge is 0.868 e. The number of benzene rings is 1. The molecule has 0 radical (unpaired) electrons. The molecule has 14 heavy (non-hydrogen) atoms. The summed E-state index contributed by atoms with van der Waals surface area (Å²) in [6, 6.07) is 2.37. The van der Waals surface area contributed by atoms with Crippen LogP contribution >= 0.6 is 0 Å². The van der Waals surface area contributed by atoms with E-state index in [1.807, 2.05) is 0 Å². The van der Waals surface area contributed by atoms with Gasteiger partial charge < -0.3 is 5.11 Å². The predicted molar refractivity (Wildman–Crippen MR) is 39.2 cm³/mol. The van der Waals surface area contributed by atoms with Crippen LogP contribution in [-0.4, -0.2) is 9.85 Å². The Morgan fingerprint density at radius 1 is 1.07 bits per heavy atom. The summed E-state index contributed by atoms with van der Waals surface area (Å²) in [6.07, 6.45) is 0. The summed E-state index contributed by atoms with van der Waals surface area (Å²) in [6.45, 7) is 0. The summed E-state index contributed by atoms with van der Waals surface area (Å²) >= 11 is 0. The van der Waals surface area contributed by atoms with E-state index in [9.17, 15) is 25.3 Å². The van der Waals surface area contributed by atoms with E-state index in [-0.39, 0.29) is 68.9 Å². The number of nitro groups is 2. The first-order valence-corrected chi connectivity index (χ1v) is 3.12. The SMILES string of the molecule is O=[N+]([O-])c1ccc([O-])c([N+](=O)[O-])c1.[Cs+]. The van der Waals surface area contributed by atoms with Gasteiger partial charge in [0.1, 0.15) is 0 Å². The van der Waals surface area contributed by atoms with Gasteiger partial charge in [0.2, 0.25) is 0 Å². The van der Waals surface area contributed by atoms with Gasteiger partial charge in [-0.05, 0) is 5.75 Å². The quantitative estimate of drug-likeness (QED) is 0.445. The molecule has 0 N–H and O–H groups in total. The molecule has 0 heterocycles. The molecular formula is C6H3CsN2O5. The van der Waals surface area contributed by atoms with Crippen molar-refractivity contribution in [2.24, 2.45) is 0 Å². The summed E-state index contributed by atoms with van der Waals surface area (Å²) in [5.74, 6) is -0.837. The number of rotatable bonds is 2. The van der Waals surface area contributed by atoms with Crippen molar-refractivity contribution in [3.8, 4) is 5.75 Å². The van der Waals surface area contributed by atoms with Crippen LogP contribution in [0.2, 0.25) is 0 Å². The second kappa shape index (κ2) is 5.68. The second-order valence-corrected chi connectivity index (χ2v) is 2.17. The van der Waals surface area contributed by atoms with Gasteiger partial charge in [-0.15, -0.1) is 0 Å². The molecule has 8 heteroatoms. The molecule has 7 nitrogen and oxygen atoms in total. The molecule has 0 atom stereocenters. The Balaban J connectivity index is 0.00000169. The zero-order valence-electron chi connectivity index (χ0n) is 7.17. The second-order valence-electron chi connectivity index (χ2n) is 2.17. The summed E-state index contributed by atoms with van der Waals surface area (Å²) in [5.41, 5.74) is -1.25. The first-order valence-electron chi connectivity index (χ1n) is 3.12. The topological polar surface area (TPSA) is 109 Å². The molecule has 0 bridgehead atoms. The molecule has 0 aromatic heterocycles. The van der Waals surface area contributed by atoms with Crippen LogP contribution in [0.15, 0.2) is 18.2 Å². The van der Waals surface area contributed by atoms with E-state index in [4.69, 9.17) is 0 Å². The molecule has 0 aliphatic heterocycles. The molecule has 0 aliphatic carbocycles. The number of nitro benzene ring substituents is 2. The molecule has 1 aromatic carbocycles. The van der Waals surface area contributed by atoms with Gasteiger partial charge in [0.15, 0.2) is 0 Å². The Hall–Kier alpha value is -0.128. The number of hydrogen-bond acceptors (Lipinski definition) is 5. The zero-order valence-corrected chi connectivity index (χ0v) is 13.4. The Bertz CT molecular complexity index is 380. The molecule has 0 amide bonds. The third-order valence-electron chi connectivity index (χ3n) is 1.35. The standard InChI is InChI=1S/C6H4N2O5.Cs/c9-6-2-1-4(7(10)11)3-5(6)8(12)13;/h1-3,9H;/q;+1/p-1. The molecule has 68 valence electrons. The van der Waals surface area contributed by atoms with E-state index in [1.54, 1.807) is 0 Å². The van der Waals surface area contributed by atoms with Crippen molar-refractivity contribution in [1.29, 1.82) is 0 Å². The van der Waals surface area contributed by atoms with E-state index in [2.05, 4.69) is 0 Å².